The van der Waals surface area contributed by atoms with E-state index in [1.165, 1.54) is 12.1 Å². The number of halogens is 1. The fourth-order valence-corrected chi connectivity index (χ4v) is 1.78. The third-order valence-corrected chi connectivity index (χ3v) is 2.78. The minimum atomic E-state index is -0.529. The first-order valence-electron chi connectivity index (χ1n) is 5.11. The van der Waals surface area contributed by atoms with Crippen LogP contribution in [0.4, 0.5) is 5.69 Å². The molecule has 0 atom stereocenters. The summed E-state index contributed by atoms with van der Waals surface area (Å²) in [4.78, 5) is 21.1. The van der Waals surface area contributed by atoms with Gasteiger partial charge < -0.3 is 0 Å². The van der Waals surface area contributed by atoms with Crippen molar-refractivity contribution in [2.45, 2.75) is 0 Å². The molecule has 2 rings (SSSR count). The van der Waals surface area contributed by atoms with Gasteiger partial charge >= 0.3 is 0 Å². The zero-order valence-electron chi connectivity index (χ0n) is 9.17. The Kier molecular flexibility index (Phi) is 3.39. The molecule has 0 saturated carbocycles. The summed E-state index contributed by atoms with van der Waals surface area (Å²) in [6, 6.07) is 11.1. The van der Waals surface area contributed by atoms with Crippen molar-refractivity contribution in [1.82, 2.24) is 0 Å². The van der Waals surface area contributed by atoms with E-state index in [0.717, 1.165) is 5.56 Å². The van der Waals surface area contributed by atoms with Gasteiger partial charge in [0.05, 0.1) is 4.92 Å². The number of nitrogens with zero attached hydrogens (tertiary/aromatic N) is 1. The van der Waals surface area contributed by atoms with E-state index >= 15 is 0 Å². The molecule has 0 aromatic heterocycles. The average Bonchev–Trinajstić information content (AvgIpc) is 2.39. The van der Waals surface area contributed by atoms with Crippen LogP contribution < -0.4 is 0 Å². The zero-order valence-corrected chi connectivity index (χ0v) is 9.92. The van der Waals surface area contributed by atoms with Gasteiger partial charge in [-0.1, -0.05) is 23.7 Å². The second-order valence-corrected chi connectivity index (χ2v) is 4.09. The lowest BCUT2D eigenvalue weighted by atomic mass is 10.00. The monoisotopic (exact) mass is 261 g/mol. The number of nitro groups is 1. The van der Waals surface area contributed by atoms with Crippen LogP contribution in [-0.2, 0) is 0 Å². The molecule has 0 aliphatic rings. The Bertz CT molecular complexity index is 608. The summed E-state index contributed by atoms with van der Waals surface area (Å²) >= 11 is 5.78. The fourth-order valence-electron chi connectivity index (χ4n) is 1.65. The van der Waals surface area contributed by atoms with Crippen LogP contribution in [0.5, 0.6) is 0 Å². The Morgan fingerprint density at radius 1 is 1.11 bits per heavy atom. The van der Waals surface area contributed by atoms with Crippen LogP contribution in [0.25, 0.3) is 11.1 Å². The molecule has 0 fully saturated rings. The highest BCUT2D eigenvalue weighted by Crippen LogP contribution is 2.27. The van der Waals surface area contributed by atoms with E-state index in [2.05, 4.69) is 0 Å². The Balaban J connectivity index is 2.54. The zero-order chi connectivity index (χ0) is 13.1. The van der Waals surface area contributed by atoms with Gasteiger partial charge in [-0.05, 0) is 29.3 Å². The second kappa shape index (κ2) is 4.98. The number of carbonyl (C=O) groups is 1. The first-order valence-corrected chi connectivity index (χ1v) is 5.49. The van der Waals surface area contributed by atoms with Gasteiger partial charge in [0.25, 0.3) is 5.69 Å². The van der Waals surface area contributed by atoms with Crippen LogP contribution in [0.15, 0.2) is 42.5 Å². The molecule has 5 heteroatoms. The number of aldehydes is 1. The highest BCUT2D eigenvalue weighted by atomic mass is 35.5. The van der Waals surface area contributed by atoms with E-state index in [1.807, 2.05) is 0 Å². The molecule has 0 amide bonds. The van der Waals surface area contributed by atoms with E-state index in [-0.39, 0.29) is 11.3 Å². The molecule has 0 aliphatic heterocycles. The Labute approximate surface area is 108 Å². The molecule has 2 aromatic rings. The van der Waals surface area contributed by atoms with Crippen molar-refractivity contribution in [2.24, 2.45) is 0 Å². The van der Waals surface area contributed by atoms with E-state index in [9.17, 15) is 14.9 Å². The molecule has 90 valence electrons. The Morgan fingerprint density at radius 3 is 2.33 bits per heavy atom. The maximum atomic E-state index is 11.0. The number of hydrogen-bond donors (Lipinski definition) is 0. The van der Waals surface area contributed by atoms with Crippen molar-refractivity contribution < 1.29 is 9.72 Å². The highest BCUT2D eigenvalue weighted by molar-refractivity contribution is 6.30. The lowest BCUT2D eigenvalue weighted by Crippen LogP contribution is -1.92. The van der Waals surface area contributed by atoms with Crippen molar-refractivity contribution in [3.8, 4) is 11.1 Å². The summed E-state index contributed by atoms with van der Waals surface area (Å²) in [6.45, 7) is 0. The van der Waals surface area contributed by atoms with Crippen molar-refractivity contribution in [1.29, 1.82) is 0 Å². The molecule has 2 aromatic carbocycles. The van der Waals surface area contributed by atoms with Gasteiger partial charge in [-0.25, -0.2) is 0 Å². The minimum absolute atomic E-state index is 0.102. The minimum Gasteiger partial charge on any atom is -0.298 e. The number of rotatable bonds is 3. The van der Waals surface area contributed by atoms with E-state index < -0.39 is 4.92 Å². The maximum absolute atomic E-state index is 11.0. The summed E-state index contributed by atoms with van der Waals surface area (Å²) in [5, 5.41) is 11.2. The second-order valence-electron chi connectivity index (χ2n) is 3.65. The average molecular weight is 262 g/mol. The Morgan fingerprint density at radius 2 is 1.78 bits per heavy atom. The molecular formula is C13H8ClNO3. The quantitative estimate of drug-likeness (QED) is 0.480. The van der Waals surface area contributed by atoms with Crippen molar-refractivity contribution >= 4 is 23.6 Å². The van der Waals surface area contributed by atoms with E-state index in [4.69, 9.17) is 11.6 Å². The van der Waals surface area contributed by atoms with Crippen LogP contribution in [0.3, 0.4) is 0 Å². The maximum Gasteiger partial charge on any atom is 0.270 e. The fraction of sp³-hybridized carbons (Fsp3) is 0. The summed E-state index contributed by atoms with van der Waals surface area (Å²) < 4.78 is 0. The summed E-state index contributed by atoms with van der Waals surface area (Å²) in [5.41, 5.74) is 1.62. The number of carbonyl (C=O) groups excluding carboxylic acids is 1. The third kappa shape index (κ3) is 2.38. The van der Waals surface area contributed by atoms with E-state index in [0.29, 0.717) is 16.9 Å². The number of hydrogen-bond acceptors (Lipinski definition) is 3. The SMILES string of the molecule is O=Cc1cc([N+](=O)[O-])ccc1-c1ccc(Cl)cc1. The van der Waals surface area contributed by atoms with Gasteiger partial charge in [-0.2, -0.15) is 0 Å². The summed E-state index contributed by atoms with van der Waals surface area (Å²) in [7, 11) is 0. The lowest BCUT2D eigenvalue weighted by Gasteiger charge is -2.05. The number of benzene rings is 2. The number of nitro benzene ring substituents is 1. The van der Waals surface area contributed by atoms with Gasteiger partial charge in [0.15, 0.2) is 6.29 Å². The first-order chi connectivity index (χ1) is 8.61. The largest absolute Gasteiger partial charge is 0.298 e. The topological polar surface area (TPSA) is 60.2 Å². The molecule has 18 heavy (non-hydrogen) atoms. The number of non-ortho nitro benzene ring substituents is 1. The molecule has 0 bridgehead atoms. The molecule has 0 heterocycles. The molecule has 0 saturated heterocycles. The van der Waals surface area contributed by atoms with Gasteiger partial charge in [-0.15, -0.1) is 0 Å². The van der Waals surface area contributed by atoms with Gasteiger partial charge in [0.2, 0.25) is 0 Å². The molecule has 0 aliphatic carbocycles. The summed E-state index contributed by atoms with van der Waals surface area (Å²) in [6.07, 6.45) is 0.608. The highest BCUT2D eigenvalue weighted by Gasteiger charge is 2.11. The van der Waals surface area contributed by atoms with Gasteiger partial charge in [0, 0.05) is 22.7 Å². The standard InChI is InChI=1S/C13H8ClNO3/c14-11-3-1-9(2-4-11)13-6-5-12(15(17)18)7-10(13)8-16/h1-8H. The molecule has 0 unspecified atom stereocenters. The van der Waals surface area contributed by atoms with Crippen LogP contribution >= 0.6 is 11.6 Å². The van der Waals surface area contributed by atoms with E-state index in [1.54, 1.807) is 30.3 Å². The van der Waals surface area contributed by atoms with Crippen molar-refractivity contribution in [3.05, 3.63) is 63.2 Å². The molecule has 4 nitrogen and oxygen atoms in total. The predicted molar refractivity (Wildman–Crippen MR) is 68.9 cm³/mol. The van der Waals surface area contributed by atoms with Crippen molar-refractivity contribution in [3.63, 3.8) is 0 Å². The van der Waals surface area contributed by atoms with Crippen LogP contribution in [0.1, 0.15) is 10.4 Å². The predicted octanol–water partition coefficient (Wildman–Crippen LogP) is 3.73. The van der Waals surface area contributed by atoms with Crippen molar-refractivity contribution in [2.75, 3.05) is 0 Å². The Hall–Kier alpha value is -2.20. The van der Waals surface area contributed by atoms with Crippen LogP contribution in [-0.4, -0.2) is 11.2 Å². The first kappa shape index (κ1) is 12.3. The van der Waals surface area contributed by atoms with Gasteiger partial charge in [-0.3, -0.25) is 14.9 Å². The normalized spacial score (nSPS) is 10.1. The molecular weight excluding hydrogens is 254 g/mol. The van der Waals surface area contributed by atoms with Crippen LogP contribution in [0.2, 0.25) is 5.02 Å². The third-order valence-electron chi connectivity index (χ3n) is 2.53. The van der Waals surface area contributed by atoms with Crippen LogP contribution in [0, 0.1) is 10.1 Å². The van der Waals surface area contributed by atoms with Gasteiger partial charge in [0.1, 0.15) is 0 Å². The smallest absolute Gasteiger partial charge is 0.270 e. The molecule has 0 radical (unpaired) electrons. The summed E-state index contributed by atoms with van der Waals surface area (Å²) in [5.74, 6) is 0. The molecule has 0 spiro atoms. The lowest BCUT2D eigenvalue weighted by molar-refractivity contribution is -0.384. The molecule has 0 N–H and O–H groups in total.